The van der Waals surface area contributed by atoms with Crippen LogP contribution in [0.15, 0.2) is 67.0 Å². The Balaban J connectivity index is 1.52. The minimum atomic E-state index is -0.231. The van der Waals surface area contributed by atoms with Crippen molar-refractivity contribution >= 4 is 34.4 Å². The van der Waals surface area contributed by atoms with Crippen LogP contribution >= 0.6 is 0 Å². The number of methoxy groups -OCH3 is 1. The van der Waals surface area contributed by atoms with Crippen molar-refractivity contribution in [1.29, 1.82) is 0 Å². The van der Waals surface area contributed by atoms with Gasteiger partial charge in [-0.3, -0.25) is 9.59 Å². The Morgan fingerprint density at radius 2 is 1.74 bits per heavy atom. The lowest BCUT2D eigenvalue weighted by molar-refractivity contribution is -0.112. The zero-order chi connectivity index (χ0) is 27.7. The first-order valence-corrected chi connectivity index (χ1v) is 12.9. The highest BCUT2D eigenvalue weighted by atomic mass is 16.5. The first-order chi connectivity index (χ1) is 18.8. The summed E-state index contributed by atoms with van der Waals surface area (Å²) in [6.07, 6.45) is 4.41. The molecule has 2 amide bonds. The van der Waals surface area contributed by atoms with Gasteiger partial charge in [0.05, 0.1) is 23.2 Å². The summed E-state index contributed by atoms with van der Waals surface area (Å²) in [6, 6.07) is 15.1. The van der Waals surface area contributed by atoms with Gasteiger partial charge in [-0.1, -0.05) is 30.8 Å². The predicted molar refractivity (Wildman–Crippen MR) is 153 cm³/mol. The third-order valence-electron chi connectivity index (χ3n) is 7.31. The average molecular weight is 525 g/mol. The van der Waals surface area contributed by atoms with Crippen LogP contribution in [0.1, 0.15) is 36.5 Å². The molecule has 200 valence electrons. The van der Waals surface area contributed by atoms with Crippen LogP contribution in [-0.4, -0.2) is 45.6 Å². The van der Waals surface area contributed by atoms with Gasteiger partial charge in [0.15, 0.2) is 0 Å². The largest absolute Gasteiger partial charge is 0.383 e. The molecule has 0 bridgehead atoms. The lowest BCUT2D eigenvalue weighted by Crippen LogP contribution is -2.40. The van der Waals surface area contributed by atoms with Crippen LogP contribution in [0.5, 0.6) is 0 Å². The van der Waals surface area contributed by atoms with Crippen LogP contribution < -0.4 is 16.4 Å². The number of rotatable bonds is 7. The monoisotopic (exact) mass is 524 g/mol. The van der Waals surface area contributed by atoms with Crippen molar-refractivity contribution in [2.24, 2.45) is 7.05 Å². The maximum absolute atomic E-state index is 13.0. The second-order valence-electron chi connectivity index (χ2n) is 9.91. The number of carbonyl (C=O) groups is 2. The van der Waals surface area contributed by atoms with E-state index < -0.39 is 0 Å². The molecular formula is C30H32N6O3. The standard InChI is InChI=1S/C30H32N6O3/c1-17(2)29(37)34-21-14-12-19(13-15-21)26-24(25-27(31)32-16-33-28(25)36(26)3)18-8-10-20(11-9-18)30(38)35-22-6-5-7-23(22)39-4/h8-16,22-23H,1,5-7H2,2-4H3,(H,34,37)(H,35,38)(H2,31,32,33). The maximum Gasteiger partial charge on any atom is 0.251 e. The van der Waals surface area contributed by atoms with Crippen molar-refractivity contribution in [3.05, 3.63) is 72.6 Å². The van der Waals surface area contributed by atoms with Crippen molar-refractivity contribution in [3.8, 4) is 22.4 Å². The minimum Gasteiger partial charge on any atom is -0.383 e. The first kappa shape index (κ1) is 26.1. The minimum absolute atomic E-state index is 0.0203. The predicted octanol–water partition coefficient (Wildman–Crippen LogP) is 4.70. The number of benzene rings is 2. The number of aryl methyl sites for hydroxylation is 1. The van der Waals surface area contributed by atoms with Crippen molar-refractivity contribution in [2.75, 3.05) is 18.2 Å². The van der Waals surface area contributed by atoms with E-state index in [0.717, 1.165) is 47.0 Å². The highest BCUT2D eigenvalue weighted by Crippen LogP contribution is 2.41. The summed E-state index contributed by atoms with van der Waals surface area (Å²) < 4.78 is 7.50. The molecule has 9 heteroatoms. The molecule has 0 saturated heterocycles. The van der Waals surface area contributed by atoms with E-state index >= 15 is 0 Å². The molecule has 2 atom stereocenters. The summed E-state index contributed by atoms with van der Waals surface area (Å²) in [4.78, 5) is 33.8. The lowest BCUT2D eigenvalue weighted by Gasteiger charge is -2.19. The fraction of sp³-hybridized carbons (Fsp3) is 0.267. The fourth-order valence-corrected chi connectivity index (χ4v) is 5.26. The normalized spacial score (nSPS) is 16.8. The number of nitrogens with zero attached hydrogens (tertiary/aromatic N) is 3. The molecule has 5 rings (SSSR count). The summed E-state index contributed by atoms with van der Waals surface area (Å²) in [7, 11) is 3.62. The summed E-state index contributed by atoms with van der Waals surface area (Å²) >= 11 is 0. The number of nitrogens with two attached hydrogens (primary N) is 1. The van der Waals surface area contributed by atoms with Gasteiger partial charge in [0, 0.05) is 36.5 Å². The number of anilines is 2. The molecule has 39 heavy (non-hydrogen) atoms. The highest BCUT2D eigenvalue weighted by molar-refractivity contribution is 6.08. The van der Waals surface area contributed by atoms with Crippen LogP contribution in [0.25, 0.3) is 33.4 Å². The molecule has 0 aliphatic heterocycles. The van der Waals surface area contributed by atoms with E-state index in [0.29, 0.717) is 28.3 Å². The highest BCUT2D eigenvalue weighted by Gasteiger charge is 2.29. The quantitative estimate of drug-likeness (QED) is 0.301. The van der Waals surface area contributed by atoms with Gasteiger partial charge in [-0.25, -0.2) is 9.97 Å². The zero-order valence-electron chi connectivity index (χ0n) is 22.3. The third-order valence-corrected chi connectivity index (χ3v) is 7.31. The Morgan fingerprint density at radius 3 is 2.41 bits per heavy atom. The van der Waals surface area contributed by atoms with Gasteiger partial charge in [0.2, 0.25) is 0 Å². The van der Waals surface area contributed by atoms with Gasteiger partial charge in [0.25, 0.3) is 11.8 Å². The summed E-state index contributed by atoms with van der Waals surface area (Å²) in [5, 5.41) is 6.69. The Morgan fingerprint density at radius 1 is 1.05 bits per heavy atom. The number of fused-ring (bicyclic) bond motifs is 1. The van der Waals surface area contributed by atoms with Crippen molar-refractivity contribution < 1.29 is 14.3 Å². The van der Waals surface area contributed by atoms with Crippen LogP contribution in [0.2, 0.25) is 0 Å². The molecule has 2 heterocycles. The molecule has 1 fully saturated rings. The molecule has 2 aromatic carbocycles. The number of carbonyl (C=O) groups excluding carboxylic acids is 2. The van der Waals surface area contributed by atoms with Crippen molar-refractivity contribution in [2.45, 2.75) is 38.3 Å². The number of ether oxygens (including phenoxy) is 1. The summed E-state index contributed by atoms with van der Waals surface area (Å²) in [5.74, 6) is 0.0191. The van der Waals surface area contributed by atoms with Crippen LogP contribution in [-0.2, 0) is 16.6 Å². The number of nitrogens with one attached hydrogen (secondary N) is 2. The van der Waals surface area contributed by atoms with E-state index in [4.69, 9.17) is 10.5 Å². The summed E-state index contributed by atoms with van der Waals surface area (Å²) in [6.45, 7) is 5.35. The van der Waals surface area contributed by atoms with E-state index in [9.17, 15) is 9.59 Å². The molecule has 4 N–H and O–H groups in total. The fourth-order valence-electron chi connectivity index (χ4n) is 5.26. The molecule has 0 spiro atoms. The maximum atomic E-state index is 13.0. The van der Waals surface area contributed by atoms with Crippen LogP contribution in [0.3, 0.4) is 0 Å². The summed E-state index contributed by atoms with van der Waals surface area (Å²) in [5.41, 5.74) is 12.3. The van der Waals surface area contributed by atoms with Gasteiger partial charge in [0.1, 0.15) is 17.8 Å². The molecule has 4 aromatic rings. The van der Waals surface area contributed by atoms with Gasteiger partial charge in [-0.2, -0.15) is 0 Å². The van der Waals surface area contributed by atoms with Crippen LogP contribution in [0.4, 0.5) is 11.5 Å². The van der Waals surface area contributed by atoms with E-state index in [-0.39, 0.29) is 24.0 Å². The molecule has 1 aliphatic carbocycles. The lowest BCUT2D eigenvalue weighted by atomic mass is 9.97. The molecule has 9 nitrogen and oxygen atoms in total. The number of aromatic nitrogens is 3. The SMILES string of the molecule is C=C(C)C(=O)Nc1ccc(-c2c(-c3ccc(C(=O)NC4CCCC4OC)cc3)c3c(N)ncnc3n2C)cc1. The number of hydrogen-bond donors (Lipinski definition) is 3. The smallest absolute Gasteiger partial charge is 0.251 e. The molecule has 1 aliphatic rings. The molecule has 2 unspecified atom stereocenters. The Kier molecular flexibility index (Phi) is 7.17. The second-order valence-corrected chi connectivity index (χ2v) is 9.91. The topological polar surface area (TPSA) is 124 Å². The van der Waals surface area contributed by atoms with Crippen molar-refractivity contribution in [3.63, 3.8) is 0 Å². The third kappa shape index (κ3) is 5.00. The van der Waals surface area contributed by atoms with Gasteiger partial charge >= 0.3 is 0 Å². The second kappa shape index (κ2) is 10.7. The number of hydrogen-bond acceptors (Lipinski definition) is 6. The van der Waals surface area contributed by atoms with Crippen molar-refractivity contribution in [1.82, 2.24) is 19.9 Å². The van der Waals surface area contributed by atoms with Gasteiger partial charge < -0.3 is 25.7 Å². The van der Waals surface area contributed by atoms with Gasteiger partial charge in [-0.05, 0) is 61.6 Å². The number of nitrogen functional groups attached to an aromatic ring is 1. The molecule has 2 aromatic heterocycles. The average Bonchev–Trinajstić information content (AvgIpc) is 3.51. The number of amides is 2. The Bertz CT molecular complexity index is 1560. The van der Waals surface area contributed by atoms with Crippen LogP contribution in [0, 0.1) is 0 Å². The molecule has 0 radical (unpaired) electrons. The Hall–Kier alpha value is -4.50. The zero-order valence-corrected chi connectivity index (χ0v) is 22.3. The van der Waals surface area contributed by atoms with Gasteiger partial charge in [-0.15, -0.1) is 0 Å². The van der Waals surface area contributed by atoms with E-state index in [1.165, 1.54) is 6.33 Å². The van der Waals surface area contributed by atoms with E-state index in [2.05, 4.69) is 27.2 Å². The molecular weight excluding hydrogens is 492 g/mol. The van der Waals surface area contributed by atoms with E-state index in [1.807, 2.05) is 60.1 Å². The Labute approximate surface area is 227 Å². The van der Waals surface area contributed by atoms with E-state index in [1.54, 1.807) is 14.0 Å². The molecule has 1 saturated carbocycles. The first-order valence-electron chi connectivity index (χ1n) is 12.9.